The average molecular weight is 363 g/mol. The fraction of sp³-hybridized carbons (Fsp3) is 0.300. The molecule has 3 rings (SSSR count). The SMILES string of the molecule is CCCN(CCC#N)C(=O)c1nc(-c2ccco2)n(-c2cccc(C)c2)n1. The summed E-state index contributed by atoms with van der Waals surface area (Å²) in [6.07, 6.45) is 2.62. The number of nitriles is 1. The topological polar surface area (TPSA) is 88.0 Å². The Morgan fingerprint density at radius 3 is 2.81 bits per heavy atom. The molecule has 0 atom stereocenters. The number of hydrogen-bond donors (Lipinski definition) is 0. The van der Waals surface area contributed by atoms with Crippen LogP contribution in [0.15, 0.2) is 47.1 Å². The molecule has 0 saturated carbocycles. The van der Waals surface area contributed by atoms with E-state index in [1.165, 1.54) is 0 Å². The zero-order chi connectivity index (χ0) is 19.2. The van der Waals surface area contributed by atoms with Gasteiger partial charge in [0.15, 0.2) is 11.6 Å². The van der Waals surface area contributed by atoms with E-state index >= 15 is 0 Å². The minimum absolute atomic E-state index is 0.0919. The quantitative estimate of drug-likeness (QED) is 0.640. The van der Waals surface area contributed by atoms with Crippen LogP contribution in [0.1, 0.15) is 35.9 Å². The minimum atomic E-state index is -0.286. The molecule has 0 bridgehead atoms. The number of hydrogen-bond acceptors (Lipinski definition) is 5. The van der Waals surface area contributed by atoms with E-state index in [4.69, 9.17) is 9.68 Å². The Morgan fingerprint density at radius 1 is 1.30 bits per heavy atom. The first-order valence-electron chi connectivity index (χ1n) is 8.88. The third kappa shape index (κ3) is 4.06. The fourth-order valence-corrected chi connectivity index (χ4v) is 2.82. The summed E-state index contributed by atoms with van der Waals surface area (Å²) >= 11 is 0. The van der Waals surface area contributed by atoms with Crippen LogP contribution in [-0.4, -0.2) is 38.7 Å². The number of furan rings is 1. The molecule has 0 saturated heterocycles. The number of amides is 1. The van der Waals surface area contributed by atoms with Crippen molar-refractivity contribution in [3.8, 4) is 23.3 Å². The standard InChI is InChI=1S/C20H21N5O2/c1-3-11-24(12-6-10-21)20(26)18-22-19(17-9-5-13-27-17)25(23-18)16-8-4-7-15(2)14-16/h4-5,7-9,13-14H,3,6,11-12H2,1-2H3. The van der Waals surface area contributed by atoms with Gasteiger partial charge in [-0.15, -0.1) is 5.10 Å². The van der Waals surface area contributed by atoms with Crippen LogP contribution in [0.3, 0.4) is 0 Å². The number of carbonyl (C=O) groups is 1. The van der Waals surface area contributed by atoms with Crippen molar-refractivity contribution < 1.29 is 9.21 Å². The van der Waals surface area contributed by atoms with Crippen molar-refractivity contribution >= 4 is 5.91 Å². The highest BCUT2D eigenvalue weighted by molar-refractivity contribution is 5.91. The van der Waals surface area contributed by atoms with Crippen molar-refractivity contribution in [2.45, 2.75) is 26.7 Å². The molecule has 0 unspecified atom stereocenters. The van der Waals surface area contributed by atoms with Gasteiger partial charge in [-0.25, -0.2) is 4.68 Å². The molecule has 138 valence electrons. The van der Waals surface area contributed by atoms with E-state index in [1.54, 1.807) is 28.0 Å². The van der Waals surface area contributed by atoms with Gasteiger partial charge < -0.3 is 9.32 Å². The molecule has 1 aromatic carbocycles. The van der Waals surface area contributed by atoms with E-state index < -0.39 is 0 Å². The lowest BCUT2D eigenvalue weighted by Crippen LogP contribution is -2.33. The second-order valence-corrected chi connectivity index (χ2v) is 6.19. The summed E-state index contributed by atoms with van der Waals surface area (Å²) in [4.78, 5) is 19.0. The molecular formula is C20H21N5O2. The molecule has 7 nitrogen and oxygen atoms in total. The minimum Gasteiger partial charge on any atom is -0.461 e. The maximum atomic E-state index is 12.9. The summed E-state index contributed by atoms with van der Waals surface area (Å²) in [7, 11) is 0. The smallest absolute Gasteiger partial charge is 0.293 e. The van der Waals surface area contributed by atoms with Gasteiger partial charge >= 0.3 is 0 Å². The molecule has 0 aliphatic carbocycles. The Hall–Kier alpha value is -3.40. The van der Waals surface area contributed by atoms with E-state index in [2.05, 4.69) is 16.2 Å². The summed E-state index contributed by atoms with van der Waals surface area (Å²) in [6, 6.07) is 13.4. The lowest BCUT2D eigenvalue weighted by atomic mass is 10.2. The molecule has 0 aliphatic heterocycles. The van der Waals surface area contributed by atoms with Gasteiger partial charge in [-0.05, 0) is 43.2 Å². The highest BCUT2D eigenvalue weighted by Gasteiger charge is 2.24. The van der Waals surface area contributed by atoms with Crippen molar-refractivity contribution in [3.63, 3.8) is 0 Å². The second-order valence-electron chi connectivity index (χ2n) is 6.19. The molecule has 0 fully saturated rings. The highest BCUT2D eigenvalue weighted by atomic mass is 16.3. The van der Waals surface area contributed by atoms with E-state index in [0.717, 1.165) is 17.7 Å². The molecule has 0 N–H and O–H groups in total. The van der Waals surface area contributed by atoms with Crippen LogP contribution >= 0.6 is 0 Å². The third-order valence-corrected chi connectivity index (χ3v) is 4.06. The van der Waals surface area contributed by atoms with Crippen LogP contribution in [0.4, 0.5) is 0 Å². The highest BCUT2D eigenvalue weighted by Crippen LogP contribution is 2.22. The second kappa shape index (κ2) is 8.32. The van der Waals surface area contributed by atoms with Gasteiger partial charge in [0.25, 0.3) is 5.91 Å². The van der Waals surface area contributed by atoms with Gasteiger partial charge in [0.1, 0.15) is 0 Å². The third-order valence-electron chi connectivity index (χ3n) is 4.06. The Labute approximate surface area is 157 Å². The van der Waals surface area contributed by atoms with Crippen molar-refractivity contribution in [2.75, 3.05) is 13.1 Å². The predicted octanol–water partition coefficient (Wildman–Crippen LogP) is 3.60. The van der Waals surface area contributed by atoms with E-state index in [0.29, 0.717) is 24.7 Å². The van der Waals surface area contributed by atoms with Crippen LogP contribution < -0.4 is 0 Å². The van der Waals surface area contributed by atoms with Gasteiger partial charge in [-0.1, -0.05) is 19.1 Å². The number of rotatable bonds is 7. The average Bonchev–Trinajstić information content (AvgIpc) is 3.34. The Kier molecular flexibility index (Phi) is 5.67. The maximum absolute atomic E-state index is 12.9. The van der Waals surface area contributed by atoms with E-state index in [-0.39, 0.29) is 18.2 Å². The molecule has 1 amide bonds. The van der Waals surface area contributed by atoms with Crippen molar-refractivity contribution in [1.82, 2.24) is 19.7 Å². The fourth-order valence-electron chi connectivity index (χ4n) is 2.82. The van der Waals surface area contributed by atoms with Gasteiger partial charge in [0, 0.05) is 13.1 Å². The zero-order valence-corrected chi connectivity index (χ0v) is 15.4. The Bertz CT molecular complexity index is 953. The molecule has 0 radical (unpaired) electrons. The van der Waals surface area contributed by atoms with E-state index in [9.17, 15) is 4.79 Å². The summed E-state index contributed by atoms with van der Waals surface area (Å²) in [5.74, 6) is 0.799. The number of aromatic nitrogens is 3. The summed E-state index contributed by atoms with van der Waals surface area (Å²) in [5, 5.41) is 13.3. The maximum Gasteiger partial charge on any atom is 0.293 e. The van der Waals surface area contributed by atoms with Crippen molar-refractivity contribution in [3.05, 3.63) is 54.0 Å². The molecule has 2 aromatic heterocycles. The Balaban J connectivity index is 2.03. The lowest BCUT2D eigenvalue weighted by molar-refractivity contribution is 0.0747. The Morgan fingerprint density at radius 2 is 2.15 bits per heavy atom. The van der Waals surface area contributed by atoms with Crippen LogP contribution in [0.5, 0.6) is 0 Å². The van der Waals surface area contributed by atoms with Crippen LogP contribution in [-0.2, 0) is 0 Å². The normalized spacial score (nSPS) is 10.6. The molecular weight excluding hydrogens is 342 g/mol. The molecule has 2 heterocycles. The molecule has 3 aromatic rings. The van der Waals surface area contributed by atoms with Crippen molar-refractivity contribution in [2.24, 2.45) is 0 Å². The monoisotopic (exact) mass is 363 g/mol. The number of benzene rings is 1. The van der Waals surface area contributed by atoms with Gasteiger partial charge in [-0.2, -0.15) is 10.2 Å². The molecule has 0 spiro atoms. The summed E-state index contributed by atoms with van der Waals surface area (Å²) in [6.45, 7) is 4.89. The van der Waals surface area contributed by atoms with Gasteiger partial charge in [-0.3, -0.25) is 4.79 Å². The zero-order valence-electron chi connectivity index (χ0n) is 15.4. The van der Waals surface area contributed by atoms with Crippen molar-refractivity contribution in [1.29, 1.82) is 5.26 Å². The summed E-state index contributed by atoms with van der Waals surface area (Å²) in [5.41, 5.74) is 1.87. The van der Waals surface area contributed by atoms with Gasteiger partial charge in [0.05, 0.1) is 24.4 Å². The number of aryl methyl sites for hydroxylation is 1. The number of carbonyl (C=O) groups excluding carboxylic acids is 1. The van der Waals surface area contributed by atoms with Gasteiger partial charge in [0.2, 0.25) is 5.82 Å². The number of nitrogens with zero attached hydrogens (tertiary/aromatic N) is 5. The van der Waals surface area contributed by atoms with Crippen LogP contribution in [0, 0.1) is 18.3 Å². The van der Waals surface area contributed by atoms with E-state index in [1.807, 2.05) is 38.1 Å². The lowest BCUT2D eigenvalue weighted by Gasteiger charge is -2.18. The van der Waals surface area contributed by atoms with Crippen LogP contribution in [0.25, 0.3) is 17.3 Å². The molecule has 7 heteroatoms. The first kappa shape index (κ1) is 18.4. The first-order valence-corrected chi connectivity index (χ1v) is 8.88. The first-order chi connectivity index (χ1) is 13.1. The largest absolute Gasteiger partial charge is 0.461 e. The predicted molar refractivity (Wildman–Crippen MR) is 100 cm³/mol. The summed E-state index contributed by atoms with van der Waals surface area (Å²) < 4.78 is 7.11. The van der Waals surface area contributed by atoms with Crippen LogP contribution in [0.2, 0.25) is 0 Å². The molecule has 27 heavy (non-hydrogen) atoms. The molecule has 0 aliphatic rings.